The monoisotopic (exact) mass is 329 g/mol. The number of thioether (sulfide) groups is 2. The summed E-state index contributed by atoms with van der Waals surface area (Å²) in [5.74, 6) is 0.831. The number of pyridine rings is 1. The van der Waals surface area contributed by atoms with Gasteiger partial charge < -0.3 is 4.98 Å². The Bertz CT molecular complexity index is 747. The van der Waals surface area contributed by atoms with Gasteiger partial charge in [0.25, 0.3) is 0 Å². The van der Waals surface area contributed by atoms with Crippen molar-refractivity contribution in [1.82, 2.24) is 15.0 Å². The van der Waals surface area contributed by atoms with E-state index in [1.165, 1.54) is 10.5 Å². The summed E-state index contributed by atoms with van der Waals surface area (Å²) >= 11 is 3.59. The standard InChI is InChI=1S/C17H19N3S2/c1-11(2)22-16-8-9-18-15(12(16)3)10-21-17-19-13-6-4-5-7-14(13)20-17/h4-9,11H,10H2,1-3H3,(H,19,20). The molecule has 1 aromatic carbocycles. The molecular weight excluding hydrogens is 310 g/mol. The molecular formula is C17H19N3S2. The van der Waals surface area contributed by atoms with Crippen molar-refractivity contribution in [2.45, 2.75) is 41.8 Å². The third-order valence-corrected chi connectivity index (χ3v) is 5.39. The number of para-hydroxylation sites is 2. The summed E-state index contributed by atoms with van der Waals surface area (Å²) in [6.45, 7) is 6.59. The highest BCUT2D eigenvalue weighted by molar-refractivity contribution is 8.00. The lowest BCUT2D eigenvalue weighted by atomic mass is 10.2. The molecule has 0 aliphatic heterocycles. The minimum Gasteiger partial charge on any atom is -0.333 e. The van der Waals surface area contributed by atoms with Crippen molar-refractivity contribution in [2.75, 3.05) is 0 Å². The van der Waals surface area contributed by atoms with Crippen LogP contribution < -0.4 is 0 Å². The Morgan fingerprint density at radius 2 is 2.00 bits per heavy atom. The molecule has 0 bridgehead atoms. The summed E-state index contributed by atoms with van der Waals surface area (Å²) in [5, 5.41) is 1.53. The second kappa shape index (κ2) is 6.75. The normalized spacial score (nSPS) is 11.5. The molecule has 3 aromatic rings. The van der Waals surface area contributed by atoms with Gasteiger partial charge in [0.05, 0.1) is 16.7 Å². The molecule has 0 aliphatic rings. The molecule has 0 aliphatic carbocycles. The van der Waals surface area contributed by atoms with Gasteiger partial charge >= 0.3 is 0 Å². The molecule has 0 saturated heterocycles. The van der Waals surface area contributed by atoms with E-state index in [0.717, 1.165) is 27.6 Å². The van der Waals surface area contributed by atoms with E-state index in [1.807, 2.05) is 36.2 Å². The Morgan fingerprint density at radius 3 is 2.77 bits per heavy atom. The lowest BCUT2D eigenvalue weighted by molar-refractivity contribution is 1.04. The van der Waals surface area contributed by atoms with Crippen LogP contribution in [-0.2, 0) is 5.75 Å². The Kier molecular flexibility index (Phi) is 4.74. The molecule has 5 heteroatoms. The van der Waals surface area contributed by atoms with Crippen LogP contribution in [0, 0.1) is 6.92 Å². The third-order valence-electron chi connectivity index (χ3n) is 3.33. The molecule has 22 heavy (non-hydrogen) atoms. The molecule has 3 rings (SSSR count). The van der Waals surface area contributed by atoms with Crippen molar-refractivity contribution < 1.29 is 0 Å². The Hall–Kier alpha value is -1.46. The molecule has 0 spiro atoms. The fourth-order valence-electron chi connectivity index (χ4n) is 2.22. The highest BCUT2D eigenvalue weighted by Crippen LogP contribution is 2.30. The predicted octanol–water partition coefficient (Wildman–Crippen LogP) is 5.06. The summed E-state index contributed by atoms with van der Waals surface area (Å²) in [7, 11) is 0. The second-order valence-electron chi connectivity index (χ2n) is 5.40. The highest BCUT2D eigenvalue weighted by atomic mass is 32.2. The molecule has 0 unspecified atom stereocenters. The summed E-state index contributed by atoms with van der Waals surface area (Å²) in [6.07, 6.45) is 1.91. The molecule has 1 N–H and O–H groups in total. The zero-order chi connectivity index (χ0) is 15.5. The SMILES string of the molecule is Cc1c(SC(C)C)ccnc1CSc1nc2ccccc2[nH]1. The van der Waals surface area contributed by atoms with Crippen LogP contribution in [0.2, 0.25) is 0 Å². The van der Waals surface area contributed by atoms with Crippen molar-refractivity contribution in [3.05, 3.63) is 47.8 Å². The van der Waals surface area contributed by atoms with Crippen LogP contribution in [0.1, 0.15) is 25.1 Å². The van der Waals surface area contributed by atoms with Crippen LogP contribution >= 0.6 is 23.5 Å². The first kappa shape index (κ1) is 15.4. The summed E-state index contributed by atoms with van der Waals surface area (Å²) in [5.41, 5.74) is 4.51. The number of H-pyrrole nitrogens is 1. The van der Waals surface area contributed by atoms with Gasteiger partial charge in [-0.15, -0.1) is 11.8 Å². The number of aromatic nitrogens is 3. The van der Waals surface area contributed by atoms with Crippen LogP contribution in [0.3, 0.4) is 0 Å². The van der Waals surface area contributed by atoms with E-state index in [0.29, 0.717) is 5.25 Å². The molecule has 0 fully saturated rings. The van der Waals surface area contributed by atoms with Gasteiger partial charge in [0.15, 0.2) is 5.16 Å². The lowest BCUT2D eigenvalue weighted by Gasteiger charge is -2.11. The summed E-state index contributed by atoms with van der Waals surface area (Å²) < 4.78 is 0. The first-order chi connectivity index (χ1) is 10.6. The third kappa shape index (κ3) is 3.47. The number of nitrogens with zero attached hydrogens (tertiary/aromatic N) is 2. The van der Waals surface area contributed by atoms with Gasteiger partial charge in [-0.05, 0) is 30.7 Å². The molecule has 2 aromatic heterocycles. The van der Waals surface area contributed by atoms with E-state index in [2.05, 4.69) is 47.9 Å². The van der Waals surface area contributed by atoms with Gasteiger partial charge in [-0.25, -0.2) is 4.98 Å². The number of benzene rings is 1. The quantitative estimate of drug-likeness (QED) is 0.664. The van der Waals surface area contributed by atoms with Crippen molar-refractivity contribution in [3.8, 4) is 0 Å². The maximum atomic E-state index is 4.60. The minimum absolute atomic E-state index is 0.581. The Morgan fingerprint density at radius 1 is 1.18 bits per heavy atom. The van der Waals surface area contributed by atoms with Gasteiger partial charge in [-0.2, -0.15) is 0 Å². The van der Waals surface area contributed by atoms with E-state index < -0.39 is 0 Å². The highest BCUT2D eigenvalue weighted by Gasteiger charge is 2.09. The summed E-state index contributed by atoms with van der Waals surface area (Å²) in [4.78, 5) is 13.8. The van der Waals surface area contributed by atoms with E-state index >= 15 is 0 Å². The second-order valence-corrected chi connectivity index (χ2v) is 7.98. The van der Waals surface area contributed by atoms with E-state index in [-0.39, 0.29) is 0 Å². The molecule has 0 radical (unpaired) electrons. The Balaban J connectivity index is 1.76. The maximum absolute atomic E-state index is 4.60. The van der Waals surface area contributed by atoms with Crippen molar-refractivity contribution in [3.63, 3.8) is 0 Å². The van der Waals surface area contributed by atoms with Crippen molar-refractivity contribution in [2.24, 2.45) is 0 Å². The average molecular weight is 329 g/mol. The van der Waals surface area contributed by atoms with Crippen molar-refractivity contribution >= 4 is 34.6 Å². The molecule has 114 valence electrons. The molecule has 0 atom stereocenters. The van der Waals surface area contributed by atoms with Crippen LogP contribution in [0.4, 0.5) is 0 Å². The maximum Gasteiger partial charge on any atom is 0.166 e. The van der Waals surface area contributed by atoms with E-state index in [4.69, 9.17) is 0 Å². The first-order valence-electron chi connectivity index (χ1n) is 7.32. The van der Waals surface area contributed by atoms with Gasteiger partial charge in [-0.3, -0.25) is 4.98 Å². The zero-order valence-corrected chi connectivity index (χ0v) is 14.6. The number of rotatable bonds is 5. The van der Waals surface area contributed by atoms with E-state index in [9.17, 15) is 0 Å². The number of imidazole rings is 1. The van der Waals surface area contributed by atoms with Gasteiger partial charge in [-0.1, -0.05) is 37.7 Å². The number of hydrogen-bond donors (Lipinski definition) is 1. The van der Waals surface area contributed by atoms with Crippen LogP contribution in [0.15, 0.2) is 46.6 Å². The Labute approximate surface area is 139 Å². The number of nitrogens with one attached hydrogen (secondary N) is 1. The smallest absolute Gasteiger partial charge is 0.166 e. The molecule has 3 nitrogen and oxygen atoms in total. The minimum atomic E-state index is 0.581. The lowest BCUT2D eigenvalue weighted by Crippen LogP contribution is -1.96. The number of hydrogen-bond acceptors (Lipinski definition) is 4. The fourth-order valence-corrected chi connectivity index (χ4v) is 4.07. The zero-order valence-electron chi connectivity index (χ0n) is 13.0. The fraction of sp³-hybridized carbons (Fsp3) is 0.294. The topological polar surface area (TPSA) is 41.6 Å². The van der Waals surface area contributed by atoms with E-state index in [1.54, 1.807) is 11.8 Å². The van der Waals surface area contributed by atoms with Crippen LogP contribution in [0.5, 0.6) is 0 Å². The van der Waals surface area contributed by atoms with Crippen LogP contribution in [0.25, 0.3) is 11.0 Å². The largest absolute Gasteiger partial charge is 0.333 e. The molecule has 0 amide bonds. The molecule has 0 saturated carbocycles. The predicted molar refractivity (Wildman–Crippen MR) is 95.6 cm³/mol. The summed E-state index contributed by atoms with van der Waals surface area (Å²) in [6, 6.07) is 10.2. The molecule has 2 heterocycles. The number of aromatic amines is 1. The number of fused-ring (bicyclic) bond motifs is 1. The van der Waals surface area contributed by atoms with Gasteiger partial charge in [0, 0.05) is 22.1 Å². The van der Waals surface area contributed by atoms with Crippen molar-refractivity contribution in [1.29, 1.82) is 0 Å². The first-order valence-corrected chi connectivity index (χ1v) is 9.18. The van der Waals surface area contributed by atoms with Gasteiger partial charge in [0.2, 0.25) is 0 Å². The van der Waals surface area contributed by atoms with Crippen LogP contribution in [-0.4, -0.2) is 20.2 Å². The van der Waals surface area contributed by atoms with Gasteiger partial charge in [0.1, 0.15) is 0 Å². The average Bonchev–Trinajstić information content (AvgIpc) is 2.90.